The number of halogens is 4. The van der Waals surface area contributed by atoms with Gasteiger partial charge in [-0.05, 0) is 24.7 Å². The summed E-state index contributed by atoms with van der Waals surface area (Å²) in [4.78, 5) is 1.85. The van der Waals surface area contributed by atoms with Gasteiger partial charge in [-0.2, -0.15) is 13.2 Å². The number of hydrogen-bond donors (Lipinski definition) is 1. The number of benzene rings is 1. The molecule has 1 saturated heterocycles. The quantitative estimate of drug-likeness (QED) is 0.782. The van der Waals surface area contributed by atoms with Crippen molar-refractivity contribution in [3.05, 3.63) is 35.1 Å². The third-order valence-corrected chi connectivity index (χ3v) is 3.19. The number of likely N-dealkylation sites (N-methyl/N-ethyl adjacent to an activating group) is 1. The monoisotopic (exact) mass is 262 g/mol. The van der Waals surface area contributed by atoms with Crippen LogP contribution in [0.2, 0.25) is 0 Å². The molecule has 0 spiro atoms. The Bertz CT molecular complexity index is 431. The molecule has 6 heteroatoms. The Balaban J connectivity index is 2.43. The number of piperazine rings is 1. The van der Waals surface area contributed by atoms with Gasteiger partial charge in [0.25, 0.3) is 0 Å². The molecule has 1 N–H and O–H groups in total. The zero-order chi connectivity index (χ0) is 13.3. The first-order valence-corrected chi connectivity index (χ1v) is 5.67. The summed E-state index contributed by atoms with van der Waals surface area (Å²) in [5, 5.41) is 3.05. The van der Waals surface area contributed by atoms with Crippen LogP contribution in [0.15, 0.2) is 18.2 Å². The Morgan fingerprint density at radius 3 is 2.67 bits per heavy atom. The van der Waals surface area contributed by atoms with Crippen molar-refractivity contribution in [2.45, 2.75) is 12.2 Å². The smallest absolute Gasteiger partial charge is 0.314 e. The highest BCUT2D eigenvalue weighted by Crippen LogP contribution is 2.36. The van der Waals surface area contributed by atoms with E-state index in [9.17, 15) is 17.6 Å². The first-order valence-electron chi connectivity index (χ1n) is 5.67. The van der Waals surface area contributed by atoms with Crippen molar-refractivity contribution < 1.29 is 17.6 Å². The highest BCUT2D eigenvalue weighted by molar-refractivity contribution is 5.33. The van der Waals surface area contributed by atoms with E-state index in [0.29, 0.717) is 19.2 Å². The maximum atomic E-state index is 13.0. The maximum Gasteiger partial charge on any atom is 0.416 e. The van der Waals surface area contributed by atoms with Crippen molar-refractivity contribution >= 4 is 0 Å². The van der Waals surface area contributed by atoms with Gasteiger partial charge in [0.2, 0.25) is 0 Å². The molecular formula is C12H14F4N2. The molecule has 0 amide bonds. The minimum absolute atomic E-state index is 0.124. The lowest BCUT2D eigenvalue weighted by Gasteiger charge is -2.34. The van der Waals surface area contributed by atoms with Gasteiger partial charge in [0, 0.05) is 25.7 Å². The highest BCUT2D eigenvalue weighted by Gasteiger charge is 2.37. The van der Waals surface area contributed by atoms with Crippen molar-refractivity contribution in [2.24, 2.45) is 0 Å². The summed E-state index contributed by atoms with van der Waals surface area (Å²) >= 11 is 0. The molecule has 1 aromatic rings. The van der Waals surface area contributed by atoms with Crippen molar-refractivity contribution in [3.8, 4) is 0 Å². The fourth-order valence-electron chi connectivity index (χ4n) is 2.22. The van der Waals surface area contributed by atoms with Crippen LogP contribution in [0, 0.1) is 5.82 Å². The molecule has 2 nitrogen and oxygen atoms in total. The topological polar surface area (TPSA) is 15.3 Å². The Morgan fingerprint density at radius 1 is 1.33 bits per heavy atom. The van der Waals surface area contributed by atoms with Crippen molar-refractivity contribution in [1.82, 2.24) is 10.2 Å². The molecular weight excluding hydrogens is 248 g/mol. The van der Waals surface area contributed by atoms with Gasteiger partial charge in [0.05, 0.1) is 5.56 Å². The van der Waals surface area contributed by atoms with Gasteiger partial charge in [0.15, 0.2) is 0 Å². The maximum absolute atomic E-state index is 13.0. The lowest BCUT2D eigenvalue weighted by atomic mass is 9.97. The van der Waals surface area contributed by atoms with Gasteiger partial charge in [-0.25, -0.2) is 4.39 Å². The summed E-state index contributed by atoms with van der Waals surface area (Å²) < 4.78 is 51.7. The van der Waals surface area contributed by atoms with Gasteiger partial charge >= 0.3 is 6.18 Å². The van der Waals surface area contributed by atoms with Crippen LogP contribution in [0.3, 0.4) is 0 Å². The van der Waals surface area contributed by atoms with E-state index in [0.717, 1.165) is 12.6 Å². The van der Waals surface area contributed by atoms with E-state index in [-0.39, 0.29) is 11.6 Å². The Kier molecular flexibility index (Phi) is 3.59. The minimum atomic E-state index is -4.53. The zero-order valence-corrected chi connectivity index (χ0v) is 9.89. The van der Waals surface area contributed by atoms with E-state index in [4.69, 9.17) is 0 Å². The molecule has 0 saturated carbocycles. The standard InChI is InChI=1S/C12H14F4N2/c1-18-5-4-17-7-11(18)9-3-2-8(13)6-10(9)12(14,15)16/h2-3,6,11,17H,4-5,7H2,1H3. The normalized spacial score (nSPS) is 22.2. The van der Waals surface area contributed by atoms with E-state index in [1.54, 1.807) is 7.05 Å². The molecule has 1 heterocycles. The highest BCUT2D eigenvalue weighted by atomic mass is 19.4. The van der Waals surface area contributed by atoms with Gasteiger partial charge in [-0.15, -0.1) is 0 Å². The predicted molar refractivity (Wildman–Crippen MR) is 59.6 cm³/mol. The molecule has 0 bridgehead atoms. The van der Waals surface area contributed by atoms with Gasteiger partial charge in [0.1, 0.15) is 5.82 Å². The zero-order valence-electron chi connectivity index (χ0n) is 9.89. The molecule has 0 aliphatic carbocycles. The van der Waals surface area contributed by atoms with Crippen LogP contribution in [0.1, 0.15) is 17.2 Å². The summed E-state index contributed by atoms with van der Waals surface area (Å²) in [6, 6.07) is 2.49. The Labute approximate surface area is 103 Å². The number of hydrogen-bond acceptors (Lipinski definition) is 2. The Morgan fingerprint density at radius 2 is 2.06 bits per heavy atom. The van der Waals surface area contributed by atoms with Gasteiger partial charge < -0.3 is 5.32 Å². The SMILES string of the molecule is CN1CCNCC1c1ccc(F)cc1C(F)(F)F. The third kappa shape index (κ3) is 2.64. The summed E-state index contributed by atoms with van der Waals surface area (Å²) in [6.07, 6.45) is -4.53. The van der Waals surface area contributed by atoms with Crippen LogP contribution in [0.4, 0.5) is 17.6 Å². The molecule has 2 rings (SSSR count). The van der Waals surface area contributed by atoms with Crippen LogP contribution < -0.4 is 5.32 Å². The third-order valence-electron chi connectivity index (χ3n) is 3.19. The van der Waals surface area contributed by atoms with E-state index in [1.807, 2.05) is 4.90 Å². The number of alkyl halides is 3. The van der Waals surface area contributed by atoms with E-state index >= 15 is 0 Å². The van der Waals surface area contributed by atoms with Gasteiger partial charge in [-0.1, -0.05) is 6.07 Å². The second-order valence-corrected chi connectivity index (χ2v) is 4.43. The fraction of sp³-hybridized carbons (Fsp3) is 0.500. The molecule has 100 valence electrons. The van der Waals surface area contributed by atoms with E-state index < -0.39 is 17.6 Å². The number of nitrogens with one attached hydrogen (secondary N) is 1. The first kappa shape index (κ1) is 13.3. The van der Waals surface area contributed by atoms with Crippen LogP contribution in [-0.2, 0) is 6.18 Å². The summed E-state index contributed by atoms with van der Waals surface area (Å²) in [5.41, 5.74) is -0.762. The van der Waals surface area contributed by atoms with Crippen molar-refractivity contribution in [1.29, 1.82) is 0 Å². The van der Waals surface area contributed by atoms with Crippen LogP contribution >= 0.6 is 0 Å². The Hall–Kier alpha value is -1.14. The second kappa shape index (κ2) is 4.85. The molecule has 1 unspecified atom stereocenters. The lowest BCUT2D eigenvalue weighted by molar-refractivity contribution is -0.139. The molecule has 0 aromatic heterocycles. The predicted octanol–water partition coefficient (Wildman–Crippen LogP) is 2.42. The van der Waals surface area contributed by atoms with Crippen LogP contribution in [-0.4, -0.2) is 31.6 Å². The molecule has 18 heavy (non-hydrogen) atoms. The molecule has 1 atom stereocenters. The molecule has 1 aromatic carbocycles. The first-order chi connectivity index (χ1) is 8.39. The molecule has 1 aliphatic rings. The van der Waals surface area contributed by atoms with Crippen molar-refractivity contribution in [3.63, 3.8) is 0 Å². The van der Waals surface area contributed by atoms with E-state index in [2.05, 4.69) is 5.32 Å². The van der Waals surface area contributed by atoms with Crippen molar-refractivity contribution in [2.75, 3.05) is 26.7 Å². The van der Waals surface area contributed by atoms with Crippen LogP contribution in [0.25, 0.3) is 0 Å². The summed E-state index contributed by atoms with van der Waals surface area (Å²) in [7, 11) is 1.77. The van der Waals surface area contributed by atoms with Gasteiger partial charge in [-0.3, -0.25) is 4.90 Å². The number of nitrogens with zero attached hydrogens (tertiary/aromatic N) is 1. The average Bonchev–Trinajstić information content (AvgIpc) is 2.29. The average molecular weight is 262 g/mol. The van der Waals surface area contributed by atoms with E-state index in [1.165, 1.54) is 6.07 Å². The van der Waals surface area contributed by atoms with Crippen LogP contribution in [0.5, 0.6) is 0 Å². The molecule has 0 radical (unpaired) electrons. The summed E-state index contributed by atoms with van der Waals surface area (Å²) in [5.74, 6) is -0.863. The second-order valence-electron chi connectivity index (χ2n) is 4.43. The fourth-order valence-corrected chi connectivity index (χ4v) is 2.22. The molecule has 1 fully saturated rings. The lowest BCUT2D eigenvalue weighted by Crippen LogP contribution is -2.44. The minimum Gasteiger partial charge on any atom is -0.314 e. The number of rotatable bonds is 1. The summed E-state index contributed by atoms with van der Waals surface area (Å²) in [6.45, 7) is 1.85. The largest absolute Gasteiger partial charge is 0.416 e. The molecule has 1 aliphatic heterocycles.